The summed E-state index contributed by atoms with van der Waals surface area (Å²) in [6.45, 7) is 0.324. The highest BCUT2D eigenvalue weighted by Crippen LogP contribution is 2.14. The first-order valence-corrected chi connectivity index (χ1v) is 6.02. The van der Waals surface area contributed by atoms with Crippen LogP contribution in [-0.2, 0) is 16.6 Å². The van der Waals surface area contributed by atoms with Gasteiger partial charge in [0.15, 0.2) is 16.9 Å². The number of unbranched alkanes of at least 4 members (excludes halogenated alkanes) is 2. The first-order chi connectivity index (χ1) is 7.77. The minimum Gasteiger partial charge on any atom is -0.396 e. The molecule has 0 bridgehead atoms. The maximum atomic E-state index is 10.8. The molecule has 0 saturated carbocycles. The summed E-state index contributed by atoms with van der Waals surface area (Å²) < 4.78 is 9.69. The van der Waals surface area contributed by atoms with Crippen LogP contribution in [0.3, 0.4) is 0 Å². The molecule has 0 amide bonds. The molecule has 0 aliphatic carbocycles. The topological polar surface area (TPSA) is 82.0 Å². The molecule has 0 aromatic carbocycles. The van der Waals surface area contributed by atoms with Crippen LogP contribution in [0.1, 0.15) is 30.8 Å². The number of hydrogen-bond acceptors (Lipinski definition) is 6. The number of alkyl halides is 1. The second-order valence-electron chi connectivity index (χ2n) is 3.15. The minimum absolute atomic E-state index is 0.324. The summed E-state index contributed by atoms with van der Waals surface area (Å²) in [6, 6.07) is 0. The van der Waals surface area contributed by atoms with Crippen LogP contribution in [0.5, 0.6) is 0 Å². The van der Waals surface area contributed by atoms with Crippen molar-refractivity contribution in [3.05, 3.63) is 27.0 Å². The van der Waals surface area contributed by atoms with Crippen LogP contribution in [-0.4, -0.2) is 6.61 Å². The first-order valence-electron chi connectivity index (χ1n) is 4.90. The highest BCUT2D eigenvalue weighted by molar-refractivity contribution is 9.08. The quantitative estimate of drug-likeness (QED) is 0.318. The highest BCUT2D eigenvalue weighted by atomic mass is 79.9. The number of nitrogens with zero attached hydrogens (tertiary/aromatic N) is 1. The Labute approximate surface area is 100 Å². The van der Waals surface area contributed by atoms with Crippen LogP contribution in [0.4, 0.5) is 0 Å². The third kappa shape index (κ3) is 4.18. The van der Waals surface area contributed by atoms with E-state index in [-0.39, 0.29) is 0 Å². The first kappa shape index (κ1) is 13.0. The molecule has 0 unspecified atom stereocenters. The van der Waals surface area contributed by atoms with Crippen LogP contribution in [0.15, 0.2) is 19.0 Å². The predicted octanol–water partition coefficient (Wildman–Crippen LogP) is 2.54. The van der Waals surface area contributed by atoms with Crippen molar-refractivity contribution in [2.75, 3.05) is 6.61 Å². The third-order valence-electron chi connectivity index (χ3n) is 2.04. The Balaban J connectivity index is 2.26. The zero-order valence-corrected chi connectivity index (χ0v) is 10.2. The van der Waals surface area contributed by atoms with Crippen molar-refractivity contribution >= 4 is 15.9 Å². The van der Waals surface area contributed by atoms with E-state index in [9.17, 15) is 9.70 Å². The van der Waals surface area contributed by atoms with Crippen LogP contribution < -0.4 is 5.82 Å². The standard InChI is InChI=1S/C9H12BrNO5/c10-6-8-7(15-9(12)16-8)4-2-1-3-5-14-11-13/h1-6H2. The van der Waals surface area contributed by atoms with E-state index in [1.54, 1.807) is 0 Å². The molecule has 0 aliphatic rings. The fraction of sp³-hybridized carbons (Fsp3) is 0.667. The van der Waals surface area contributed by atoms with Gasteiger partial charge in [-0.3, -0.25) is 0 Å². The molecular weight excluding hydrogens is 282 g/mol. The van der Waals surface area contributed by atoms with Gasteiger partial charge in [-0.15, -0.1) is 4.91 Å². The van der Waals surface area contributed by atoms with Crippen LogP contribution in [0.2, 0.25) is 0 Å². The lowest BCUT2D eigenvalue weighted by molar-refractivity contribution is 0.135. The SMILES string of the molecule is O=NOCCCCCc1oc(=O)oc1CBr. The monoisotopic (exact) mass is 293 g/mol. The van der Waals surface area contributed by atoms with Crippen LogP contribution >= 0.6 is 15.9 Å². The summed E-state index contributed by atoms with van der Waals surface area (Å²) >= 11 is 3.21. The predicted molar refractivity (Wildman–Crippen MR) is 59.2 cm³/mol. The lowest BCUT2D eigenvalue weighted by atomic mass is 10.1. The van der Waals surface area contributed by atoms with E-state index in [0.717, 1.165) is 19.3 Å². The molecule has 0 radical (unpaired) electrons. The van der Waals surface area contributed by atoms with Gasteiger partial charge < -0.3 is 13.7 Å². The Kier molecular flexibility index (Phi) is 5.84. The molecule has 0 N–H and O–H groups in total. The smallest absolute Gasteiger partial charge is 0.396 e. The molecule has 1 aromatic heterocycles. The van der Waals surface area contributed by atoms with Gasteiger partial charge in [0.2, 0.25) is 0 Å². The van der Waals surface area contributed by atoms with Gasteiger partial charge in [-0.05, 0) is 19.3 Å². The largest absolute Gasteiger partial charge is 0.519 e. The Morgan fingerprint density at radius 1 is 1.19 bits per heavy atom. The van der Waals surface area contributed by atoms with E-state index in [2.05, 4.69) is 26.1 Å². The van der Waals surface area contributed by atoms with E-state index < -0.39 is 5.82 Å². The van der Waals surface area contributed by atoms with Crippen molar-refractivity contribution in [2.24, 2.45) is 5.34 Å². The maximum absolute atomic E-state index is 10.8. The zero-order chi connectivity index (χ0) is 11.8. The van der Waals surface area contributed by atoms with Gasteiger partial charge in [0.25, 0.3) is 0 Å². The van der Waals surface area contributed by atoms with Gasteiger partial charge in [0, 0.05) is 6.42 Å². The zero-order valence-electron chi connectivity index (χ0n) is 8.61. The van der Waals surface area contributed by atoms with E-state index in [0.29, 0.717) is 29.9 Å². The Morgan fingerprint density at radius 2 is 1.94 bits per heavy atom. The molecule has 0 aliphatic heterocycles. The molecule has 90 valence electrons. The van der Waals surface area contributed by atoms with E-state index >= 15 is 0 Å². The number of aryl methyl sites for hydroxylation is 1. The van der Waals surface area contributed by atoms with Crippen molar-refractivity contribution in [2.45, 2.75) is 31.0 Å². The van der Waals surface area contributed by atoms with Crippen molar-refractivity contribution < 1.29 is 13.7 Å². The number of hydrogen-bond donors (Lipinski definition) is 0. The van der Waals surface area contributed by atoms with E-state index in [1.807, 2.05) is 0 Å². The second-order valence-corrected chi connectivity index (χ2v) is 3.71. The molecule has 1 aromatic rings. The Bertz CT molecular complexity index is 372. The molecule has 7 heteroatoms. The molecular formula is C9H12BrNO5. The number of halogens is 1. The fourth-order valence-corrected chi connectivity index (χ4v) is 1.72. The Morgan fingerprint density at radius 3 is 2.62 bits per heavy atom. The van der Waals surface area contributed by atoms with E-state index in [1.165, 1.54) is 0 Å². The summed E-state index contributed by atoms with van der Waals surface area (Å²) in [7, 11) is 0. The van der Waals surface area contributed by atoms with E-state index in [4.69, 9.17) is 8.83 Å². The van der Waals surface area contributed by atoms with Gasteiger partial charge in [-0.1, -0.05) is 15.9 Å². The maximum Gasteiger partial charge on any atom is 0.519 e. The van der Waals surface area contributed by atoms with Crippen LogP contribution in [0, 0.1) is 4.91 Å². The fourth-order valence-electron chi connectivity index (χ4n) is 1.29. The average Bonchev–Trinajstić information content (AvgIpc) is 2.64. The lowest BCUT2D eigenvalue weighted by Gasteiger charge is -1.98. The lowest BCUT2D eigenvalue weighted by Crippen LogP contribution is -1.91. The minimum atomic E-state index is -0.669. The average molecular weight is 294 g/mol. The summed E-state index contributed by atoms with van der Waals surface area (Å²) in [5, 5.41) is 2.76. The summed E-state index contributed by atoms with van der Waals surface area (Å²) in [4.78, 5) is 24.7. The summed E-state index contributed by atoms with van der Waals surface area (Å²) in [6.07, 6.45) is 3.09. The second kappa shape index (κ2) is 7.21. The van der Waals surface area contributed by atoms with Crippen molar-refractivity contribution in [3.8, 4) is 0 Å². The third-order valence-corrected chi connectivity index (χ3v) is 2.55. The van der Waals surface area contributed by atoms with Crippen molar-refractivity contribution in [1.82, 2.24) is 0 Å². The molecule has 1 rings (SSSR count). The highest BCUT2D eigenvalue weighted by Gasteiger charge is 2.10. The molecule has 0 saturated heterocycles. The van der Waals surface area contributed by atoms with Gasteiger partial charge in [0.1, 0.15) is 6.61 Å². The normalized spacial score (nSPS) is 10.3. The van der Waals surface area contributed by atoms with Gasteiger partial charge >= 0.3 is 5.82 Å². The molecule has 0 atom stereocenters. The number of rotatable bonds is 8. The summed E-state index contributed by atoms with van der Waals surface area (Å²) in [5.74, 6) is 0.449. The molecule has 6 nitrogen and oxygen atoms in total. The van der Waals surface area contributed by atoms with Crippen molar-refractivity contribution in [3.63, 3.8) is 0 Å². The molecule has 0 fully saturated rings. The molecule has 1 heterocycles. The molecule has 0 spiro atoms. The van der Waals surface area contributed by atoms with Gasteiger partial charge in [0.05, 0.1) is 5.33 Å². The van der Waals surface area contributed by atoms with Gasteiger partial charge in [-0.2, -0.15) is 0 Å². The van der Waals surface area contributed by atoms with Gasteiger partial charge in [-0.25, -0.2) is 4.79 Å². The Hall–Kier alpha value is -1.11. The molecule has 16 heavy (non-hydrogen) atoms. The van der Waals surface area contributed by atoms with Crippen molar-refractivity contribution in [1.29, 1.82) is 0 Å². The van der Waals surface area contributed by atoms with Crippen LogP contribution in [0.25, 0.3) is 0 Å². The summed E-state index contributed by atoms with van der Waals surface area (Å²) in [5.41, 5.74) is 0.